The van der Waals surface area contributed by atoms with Gasteiger partial charge in [-0.3, -0.25) is 9.59 Å². The molecule has 0 radical (unpaired) electrons. The molecule has 1 saturated heterocycles. The first-order valence-electron chi connectivity index (χ1n) is 6.60. The van der Waals surface area contributed by atoms with Gasteiger partial charge in [-0.15, -0.1) is 0 Å². The van der Waals surface area contributed by atoms with E-state index >= 15 is 0 Å². The SMILES string of the molecule is Cc1cc(NC(=O)CN(C)C(=O)C2(C)CCNC2)no1. The van der Waals surface area contributed by atoms with Crippen molar-refractivity contribution in [2.45, 2.75) is 20.3 Å². The van der Waals surface area contributed by atoms with Gasteiger partial charge in [0.15, 0.2) is 5.82 Å². The van der Waals surface area contributed by atoms with Crippen LogP contribution in [0.2, 0.25) is 0 Å². The molecular weight excluding hydrogens is 260 g/mol. The van der Waals surface area contributed by atoms with E-state index in [2.05, 4.69) is 15.8 Å². The van der Waals surface area contributed by atoms with E-state index in [1.165, 1.54) is 4.90 Å². The van der Waals surface area contributed by atoms with Crippen LogP contribution < -0.4 is 10.6 Å². The molecule has 7 nitrogen and oxygen atoms in total. The zero-order valence-corrected chi connectivity index (χ0v) is 12.0. The lowest BCUT2D eigenvalue weighted by molar-refractivity contribution is -0.141. The smallest absolute Gasteiger partial charge is 0.245 e. The van der Waals surface area contributed by atoms with Gasteiger partial charge in [0.25, 0.3) is 0 Å². The topological polar surface area (TPSA) is 87.5 Å². The Labute approximate surface area is 117 Å². The van der Waals surface area contributed by atoms with Crippen molar-refractivity contribution in [1.82, 2.24) is 15.4 Å². The molecule has 0 bridgehead atoms. The standard InChI is InChI=1S/C13H20N4O3/c1-9-6-10(16-20-9)15-11(18)7-17(3)12(19)13(2)4-5-14-8-13/h6,14H,4-5,7-8H2,1-3H3,(H,15,16,18). The van der Waals surface area contributed by atoms with Crippen molar-refractivity contribution in [3.63, 3.8) is 0 Å². The third-order valence-corrected chi connectivity index (χ3v) is 3.51. The van der Waals surface area contributed by atoms with E-state index in [0.717, 1.165) is 13.0 Å². The van der Waals surface area contributed by atoms with Crippen molar-refractivity contribution in [1.29, 1.82) is 0 Å². The molecule has 0 spiro atoms. The molecular formula is C13H20N4O3. The van der Waals surface area contributed by atoms with Crippen LogP contribution in [0.5, 0.6) is 0 Å². The normalized spacial score (nSPS) is 21.8. The molecule has 0 saturated carbocycles. The molecule has 1 aliphatic rings. The van der Waals surface area contributed by atoms with Crippen LogP contribution in [0.15, 0.2) is 10.6 Å². The van der Waals surface area contributed by atoms with E-state index in [1.807, 2.05) is 6.92 Å². The molecule has 110 valence electrons. The van der Waals surface area contributed by atoms with E-state index in [1.54, 1.807) is 20.0 Å². The zero-order chi connectivity index (χ0) is 14.8. The summed E-state index contributed by atoms with van der Waals surface area (Å²) in [7, 11) is 1.64. The van der Waals surface area contributed by atoms with Crippen LogP contribution in [0.25, 0.3) is 0 Å². The molecule has 1 aliphatic heterocycles. The predicted molar refractivity (Wildman–Crippen MR) is 73.1 cm³/mol. The first kappa shape index (κ1) is 14.5. The molecule has 0 aliphatic carbocycles. The van der Waals surface area contributed by atoms with Crippen molar-refractivity contribution < 1.29 is 14.1 Å². The van der Waals surface area contributed by atoms with Crippen LogP contribution in [-0.2, 0) is 9.59 Å². The third kappa shape index (κ3) is 3.16. The summed E-state index contributed by atoms with van der Waals surface area (Å²) in [5.74, 6) is 0.675. The lowest BCUT2D eigenvalue weighted by atomic mass is 9.88. The maximum Gasteiger partial charge on any atom is 0.245 e. The van der Waals surface area contributed by atoms with Gasteiger partial charge >= 0.3 is 0 Å². The average Bonchev–Trinajstić information content (AvgIpc) is 2.98. The van der Waals surface area contributed by atoms with E-state index in [9.17, 15) is 9.59 Å². The summed E-state index contributed by atoms with van der Waals surface area (Å²) in [6, 6.07) is 1.63. The van der Waals surface area contributed by atoms with Crippen molar-refractivity contribution in [3.8, 4) is 0 Å². The number of amides is 2. The monoisotopic (exact) mass is 280 g/mol. The number of anilines is 1. The van der Waals surface area contributed by atoms with Gasteiger partial charge in [0, 0.05) is 19.7 Å². The van der Waals surface area contributed by atoms with Crippen LogP contribution in [0.4, 0.5) is 5.82 Å². The van der Waals surface area contributed by atoms with Crippen molar-refractivity contribution in [2.75, 3.05) is 32.0 Å². The fourth-order valence-corrected chi connectivity index (χ4v) is 2.36. The number of likely N-dealkylation sites (N-methyl/N-ethyl adjacent to an activating group) is 1. The number of aromatic nitrogens is 1. The maximum atomic E-state index is 12.3. The molecule has 1 atom stereocenters. The largest absolute Gasteiger partial charge is 0.360 e. The van der Waals surface area contributed by atoms with Crippen molar-refractivity contribution in [3.05, 3.63) is 11.8 Å². The highest BCUT2D eigenvalue weighted by Crippen LogP contribution is 2.26. The number of nitrogens with zero attached hydrogens (tertiary/aromatic N) is 2. The molecule has 1 fully saturated rings. The predicted octanol–water partition coefficient (Wildman–Crippen LogP) is 0.380. The van der Waals surface area contributed by atoms with Gasteiger partial charge in [0.05, 0.1) is 12.0 Å². The maximum absolute atomic E-state index is 12.3. The Kier molecular flexibility index (Phi) is 4.08. The number of carbonyl (C=O) groups excluding carboxylic acids is 2. The summed E-state index contributed by atoms with van der Waals surface area (Å²) < 4.78 is 4.86. The Bertz CT molecular complexity index is 505. The second-order valence-electron chi connectivity index (χ2n) is 5.52. The summed E-state index contributed by atoms with van der Waals surface area (Å²) in [5.41, 5.74) is -0.417. The Balaban J connectivity index is 1.88. The van der Waals surface area contributed by atoms with Gasteiger partial charge in [-0.1, -0.05) is 5.16 Å². The highest BCUT2D eigenvalue weighted by molar-refractivity contribution is 5.94. The highest BCUT2D eigenvalue weighted by atomic mass is 16.5. The van der Waals surface area contributed by atoms with Gasteiger partial charge in [0.2, 0.25) is 11.8 Å². The second kappa shape index (κ2) is 5.62. The number of hydrogen-bond donors (Lipinski definition) is 2. The van der Waals surface area contributed by atoms with Crippen LogP contribution >= 0.6 is 0 Å². The van der Waals surface area contributed by atoms with Gasteiger partial charge in [-0.05, 0) is 26.8 Å². The van der Waals surface area contributed by atoms with Gasteiger partial charge < -0.3 is 20.1 Å². The van der Waals surface area contributed by atoms with E-state index < -0.39 is 5.41 Å². The summed E-state index contributed by atoms with van der Waals surface area (Å²) in [6.45, 7) is 5.15. The minimum atomic E-state index is -0.417. The van der Waals surface area contributed by atoms with Gasteiger partial charge in [-0.25, -0.2) is 0 Å². The third-order valence-electron chi connectivity index (χ3n) is 3.51. The highest BCUT2D eigenvalue weighted by Gasteiger charge is 2.38. The van der Waals surface area contributed by atoms with Crippen LogP contribution in [0.1, 0.15) is 19.1 Å². The molecule has 2 rings (SSSR count). The Morgan fingerprint density at radius 1 is 1.60 bits per heavy atom. The molecule has 2 heterocycles. The average molecular weight is 280 g/mol. The van der Waals surface area contributed by atoms with Crippen LogP contribution in [0, 0.1) is 12.3 Å². The Hall–Kier alpha value is -1.89. The molecule has 1 aromatic rings. The lowest BCUT2D eigenvalue weighted by Crippen LogP contribution is -2.44. The molecule has 2 N–H and O–H groups in total. The zero-order valence-electron chi connectivity index (χ0n) is 12.0. The second-order valence-corrected chi connectivity index (χ2v) is 5.52. The summed E-state index contributed by atoms with van der Waals surface area (Å²) in [4.78, 5) is 25.6. The summed E-state index contributed by atoms with van der Waals surface area (Å²) in [5, 5.41) is 9.45. The van der Waals surface area contributed by atoms with Crippen molar-refractivity contribution >= 4 is 17.6 Å². The van der Waals surface area contributed by atoms with Crippen LogP contribution in [-0.4, -0.2) is 48.6 Å². The number of nitrogens with one attached hydrogen (secondary N) is 2. The van der Waals surface area contributed by atoms with E-state index in [0.29, 0.717) is 18.1 Å². The minimum Gasteiger partial charge on any atom is -0.360 e. The quantitative estimate of drug-likeness (QED) is 0.832. The Morgan fingerprint density at radius 3 is 2.90 bits per heavy atom. The molecule has 2 amide bonds. The first-order valence-corrected chi connectivity index (χ1v) is 6.60. The molecule has 1 unspecified atom stereocenters. The molecule has 1 aromatic heterocycles. The Morgan fingerprint density at radius 2 is 2.35 bits per heavy atom. The van der Waals surface area contributed by atoms with Crippen LogP contribution in [0.3, 0.4) is 0 Å². The summed E-state index contributed by atoms with van der Waals surface area (Å²) in [6.07, 6.45) is 0.792. The summed E-state index contributed by atoms with van der Waals surface area (Å²) >= 11 is 0. The fraction of sp³-hybridized carbons (Fsp3) is 0.615. The fourth-order valence-electron chi connectivity index (χ4n) is 2.36. The van der Waals surface area contributed by atoms with Gasteiger partial charge in [-0.2, -0.15) is 0 Å². The van der Waals surface area contributed by atoms with E-state index in [-0.39, 0.29) is 18.4 Å². The molecule has 20 heavy (non-hydrogen) atoms. The van der Waals surface area contributed by atoms with Gasteiger partial charge in [0.1, 0.15) is 5.76 Å². The molecule has 7 heteroatoms. The number of rotatable bonds is 4. The minimum absolute atomic E-state index is 0.000328. The number of hydrogen-bond acceptors (Lipinski definition) is 5. The van der Waals surface area contributed by atoms with Crippen molar-refractivity contribution in [2.24, 2.45) is 5.41 Å². The first-order chi connectivity index (χ1) is 9.40. The number of aryl methyl sites for hydroxylation is 1. The molecule has 0 aromatic carbocycles. The number of carbonyl (C=O) groups is 2. The lowest BCUT2D eigenvalue weighted by Gasteiger charge is -2.27. The van der Waals surface area contributed by atoms with E-state index in [4.69, 9.17) is 4.52 Å².